The van der Waals surface area contributed by atoms with Gasteiger partial charge in [0.15, 0.2) is 6.61 Å². The Labute approximate surface area is 205 Å². The van der Waals surface area contributed by atoms with Crippen molar-refractivity contribution in [3.8, 4) is 5.75 Å². The summed E-state index contributed by atoms with van der Waals surface area (Å²) in [7, 11) is -4.03. The number of rotatable bonds is 9. The zero-order valence-electron chi connectivity index (χ0n) is 18.4. The normalized spacial score (nSPS) is 17.2. The number of benzene rings is 2. The molecule has 1 heterocycles. The van der Waals surface area contributed by atoms with Crippen LogP contribution in [-0.4, -0.2) is 66.7 Å². The fourth-order valence-corrected chi connectivity index (χ4v) is 4.78. The molecule has 1 aliphatic heterocycles. The van der Waals surface area contributed by atoms with Crippen LogP contribution in [0.15, 0.2) is 42.5 Å². The number of nitrogens with zero attached hydrogens (tertiary/aromatic N) is 2. The van der Waals surface area contributed by atoms with Crippen LogP contribution in [-0.2, 0) is 27.9 Å². The molecule has 1 amide bonds. The van der Waals surface area contributed by atoms with Gasteiger partial charge in [0, 0.05) is 42.3 Å². The summed E-state index contributed by atoms with van der Waals surface area (Å²) in [4.78, 5) is 17.0. The van der Waals surface area contributed by atoms with Crippen LogP contribution in [0.1, 0.15) is 24.5 Å². The number of ether oxygens (including phenoxy) is 1. The second-order valence-electron chi connectivity index (χ2n) is 8.23. The lowest BCUT2D eigenvalue weighted by molar-refractivity contribution is -0.138. The number of amides is 1. The standard InChI is InChI=1S/C23H28Cl2N2O5S/c1-17-14-26(15-18-4-6-20(24)7-5-18)10-11-27(17)23(28)16-32-22-9-8-21(25)13-19(22)3-2-12-33(29,30)31/h4-9,13,17H,2-3,10-12,14-16H2,1H3,(H,29,30,31). The summed E-state index contributed by atoms with van der Waals surface area (Å²) in [5, 5.41) is 1.20. The Balaban J connectivity index is 1.53. The van der Waals surface area contributed by atoms with Gasteiger partial charge in [0.05, 0.1) is 5.75 Å². The van der Waals surface area contributed by atoms with Crippen molar-refractivity contribution >= 4 is 39.2 Å². The van der Waals surface area contributed by atoms with Crippen LogP contribution in [0.2, 0.25) is 10.0 Å². The molecule has 0 bridgehead atoms. The first-order valence-corrected chi connectivity index (χ1v) is 13.1. The lowest BCUT2D eigenvalue weighted by Gasteiger charge is -2.40. The fraction of sp³-hybridized carbons (Fsp3) is 0.435. The molecule has 33 heavy (non-hydrogen) atoms. The molecule has 2 aromatic carbocycles. The van der Waals surface area contributed by atoms with Gasteiger partial charge in [-0.3, -0.25) is 14.2 Å². The van der Waals surface area contributed by atoms with E-state index in [0.29, 0.717) is 34.3 Å². The van der Waals surface area contributed by atoms with E-state index in [2.05, 4.69) is 4.90 Å². The number of carbonyl (C=O) groups excluding carboxylic acids is 1. The zero-order chi connectivity index (χ0) is 24.0. The highest BCUT2D eigenvalue weighted by molar-refractivity contribution is 7.85. The molecule has 0 aliphatic carbocycles. The van der Waals surface area contributed by atoms with Crippen molar-refractivity contribution in [3.05, 3.63) is 63.6 Å². The van der Waals surface area contributed by atoms with Crippen molar-refractivity contribution in [2.75, 3.05) is 32.0 Å². The molecular weight excluding hydrogens is 487 g/mol. The number of hydrogen-bond donors (Lipinski definition) is 1. The first-order chi connectivity index (χ1) is 15.6. The number of piperazine rings is 1. The molecule has 1 fully saturated rings. The maximum absolute atomic E-state index is 12.8. The van der Waals surface area contributed by atoms with E-state index < -0.39 is 10.1 Å². The van der Waals surface area contributed by atoms with E-state index in [-0.39, 0.29) is 30.7 Å². The SMILES string of the molecule is CC1CN(Cc2ccc(Cl)cc2)CCN1C(=O)COc1ccc(Cl)cc1CCCS(=O)(=O)O. The summed E-state index contributed by atoms with van der Waals surface area (Å²) in [5.41, 5.74) is 1.87. The van der Waals surface area contributed by atoms with E-state index in [9.17, 15) is 13.2 Å². The lowest BCUT2D eigenvalue weighted by Crippen LogP contribution is -2.54. The van der Waals surface area contributed by atoms with Gasteiger partial charge in [0.1, 0.15) is 5.75 Å². The van der Waals surface area contributed by atoms with E-state index in [0.717, 1.165) is 19.6 Å². The highest BCUT2D eigenvalue weighted by Crippen LogP contribution is 2.25. The highest BCUT2D eigenvalue weighted by Gasteiger charge is 2.27. The second kappa shape index (κ2) is 11.5. The van der Waals surface area contributed by atoms with Crippen LogP contribution in [0.3, 0.4) is 0 Å². The molecule has 0 aromatic heterocycles. The summed E-state index contributed by atoms with van der Waals surface area (Å²) in [6.45, 7) is 4.84. The second-order valence-corrected chi connectivity index (χ2v) is 10.7. The average molecular weight is 515 g/mol. The summed E-state index contributed by atoms with van der Waals surface area (Å²) < 4.78 is 36.7. The first kappa shape index (κ1) is 25.8. The van der Waals surface area contributed by atoms with Gasteiger partial charge in [0.25, 0.3) is 16.0 Å². The van der Waals surface area contributed by atoms with E-state index in [4.69, 9.17) is 32.5 Å². The average Bonchev–Trinajstić information content (AvgIpc) is 2.74. The predicted molar refractivity (Wildman–Crippen MR) is 130 cm³/mol. The van der Waals surface area contributed by atoms with E-state index in [1.54, 1.807) is 18.2 Å². The van der Waals surface area contributed by atoms with Gasteiger partial charge in [-0.1, -0.05) is 35.3 Å². The Kier molecular flexibility index (Phi) is 9.01. The molecule has 7 nitrogen and oxygen atoms in total. The molecule has 1 unspecified atom stereocenters. The maximum atomic E-state index is 12.8. The van der Waals surface area contributed by atoms with Crippen molar-refractivity contribution in [2.45, 2.75) is 32.4 Å². The van der Waals surface area contributed by atoms with Crippen LogP contribution in [0.25, 0.3) is 0 Å². The monoisotopic (exact) mass is 514 g/mol. The number of carbonyl (C=O) groups is 1. The Bertz CT molecular complexity index is 1060. The summed E-state index contributed by atoms with van der Waals surface area (Å²) in [6, 6.07) is 12.8. The summed E-state index contributed by atoms with van der Waals surface area (Å²) >= 11 is 12.0. The molecule has 2 aromatic rings. The molecule has 0 radical (unpaired) electrons. The molecule has 1 aliphatic rings. The van der Waals surface area contributed by atoms with Crippen LogP contribution in [0.4, 0.5) is 0 Å². The molecule has 180 valence electrons. The van der Waals surface area contributed by atoms with Crippen molar-refractivity contribution in [1.82, 2.24) is 9.80 Å². The molecule has 10 heteroatoms. The van der Waals surface area contributed by atoms with Gasteiger partial charge >= 0.3 is 0 Å². The molecule has 1 atom stereocenters. The first-order valence-electron chi connectivity index (χ1n) is 10.7. The van der Waals surface area contributed by atoms with Crippen molar-refractivity contribution in [2.24, 2.45) is 0 Å². The smallest absolute Gasteiger partial charge is 0.264 e. The summed E-state index contributed by atoms with van der Waals surface area (Å²) in [5.74, 6) is 0.0278. The number of aryl methyl sites for hydroxylation is 1. The third kappa shape index (κ3) is 8.15. The maximum Gasteiger partial charge on any atom is 0.264 e. The van der Waals surface area contributed by atoms with Crippen LogP contribution in [0.5, 0.6) is 5.75 Å². The molecule has 3 rings (SSSR count). The fourth-order valence-electron chi connectivity index (χ4n) is 3.95. The summed E-state index contributed by atoms with van der Waals surface area (Å²) in [6.07, 6.45) is 0.569. The number of hydrogen-bond acceptors (Lipinski definition) is 5. The Hall–Kier alpha value is -1.84. The van der Waals surface area contributed by atoms with Gasteiger partial charge < -0.3 is 9.64 Å². The van der Waals surface area contributed by atoms with Gasteiger partial charge in [0.2, 0.25) is 0 Å². The lowest BCUT2D eigenvalue weighted by atomic mass is 10.1. The minimum Gasteiger partial charge on any atom is -0.483 e. The van der Waals surface area contributed by atoms with Crippen molar-refractivity contribution in [3.63, 3.8) is 0 Å². The quantitative estimate of drug-likeness (QED) is 0.510. The highest BCUT2D eigenvalue weighted by atomic mass is 35.5. The van der Waals surface area contributed by atoms with Gasteiger partial charge in [-0.25, -0.2) is 0 Å². The Morgan fingerprint density at radius 1 is 1.12 bits per heavy atom. The zero-order valence-corrected chi connectivity index (χ0v) is 20.7. The molecular formula is C23H28Cl2N2O5S. The minimum atomic E-state index is -4.03. The van der Waals surface area contributed by atoms with E-state index in [1.165, 1.54) is 5.56 Å². The van der Waals surface area contributed by atoms with E-state index in [1.807, 2.05) is 36.1 Å². The van der Waals surface area contributed by atoms with Crippen LogP contribution >= 0.6 is 23.2 Å². The van der Waals surface area contributed by atoms with Crippen LogP contribution in [0, 0.1) is 0 Å². The molecule has 0 spiro atoms. The molecule has 1 N–H and O–H groups in total. The third-order valence-corrected chi connectivity index (χ3v) is 6.87. The number of halogens is 2. The third-order valence-electron chi connectivity index (χ3n) is 5.57. The topological polar surface area (TPSA) is 87.2 Å². The Morgan fingerprint density at radius 2 is 1.82 bits per heavy atom. The minimum absolute atomic E-state index is 0.0431. The predicted octanol–water partition coefficient (Wildman–Crippen LogP) is 3.93. The molecule has 0 saturated carbocycles. The van der Waals surface area contributed by atoms with Crippen molar-refractivity contribution in [1.29, 1.82) is 0 Å². The molecule has 1 saturated heterocycles. The Morgan fingerprint density at radius 3 is 2.48 bits per heavy atom. The van der Waals surface area contributed by atoms with Crippen molar-refractivity contribution < 1.29 is 22.5 Å². The van der Waals surface area contributed by atoms with Gasteiger partial charge in [-0.05, 0) is 61.2 Å². The van der Waals surface area contributed by atoms with Gasteiger partial charge in [-0.15, -0.1) is 0 Å². The largest absolute Gasteiger partial charge is 0.483 e. The van der Waals surface area contributed by atoms with E-state index >= 15 is 0 Å². The van der Waals surface area contributed by atoms with Gasteiger partial charge in [-0.2, -0.15) is 8.42 Å². The van der Waals surface area contributed by atoms with Crippen LogP contribution < -0.4 is 4.74 Å².